The Labute approximate surface area is 130 Å². The topological polar surface area (TPSA) is 49.4 Å². The molecule has 3 rings (SSSR count). The maximum Gasteiger partial charge on any atom is 0.282 e. The summed E-state index contributed by atoms with van der Waals surface area (Å²) in [6.07, 6.45) is 1.59. The Hall–Kier alpha value is -2.40. The molecule has 5 heteroatoms. The van der Waals surface area contributed by atoms with E-state index in [4.69, 9.17) is 0 Å². The number of nitrogens with zero attached hydrogens (tertiary/aromatic N) is 1. The van der Waals surface area contributed by atoms with Crippen LogP contribution in [0, 0.1) is 0 Å². The van der Waals surface area contributed by atoms with Crippen molar-refractivity contribution in [2.45, 2.75) is 0 Å². The first-order chi connectivity index (χ1) is 10.1. The number of nitrogens with one attached hydrogen (secondary N) is 1. The molecular weight excluding hydrogens is 332 g/mol. The Kier molecular flexibility index (Phi) is 3.58. The van der Waals surface area contributed by atoms with Gasteiger partial charge in [-0.1, -0.05) is 46.3 Å². The van der Waals surface area contributed by atoms with Crippen LogP contribution in [0.4, 0.5) is 5.69 Å². The summed E-state index contributed by atoms with van der Waals surface area (Å²) in [4.78, 5) is 24.4. The van der Waals surface area contributed by atoms with Gasteiger partial charge in [-0.2, -0.15) is 0 Å². The molecule has 1 N–H and O–H groups in total. The number of rotatable bonds is 2. The highest BCUT2D eigenvalue weighted by Crippen LogP contribution is 2.23. The van der Waals surface area contributed by atoms with Crippen molar-refractivity contribution in [2.24, 2.45) is 0 Å². The standard InChI is InChI=1S/C16H11BrN2O2/c17-12-6-8-13(9-7-12)19-16(21)14(15(20)18-19)10-11-4-2-1-3-5-11/h1-10H,(H,18,20). The van der Waals surface area contributed by atoms with Crippen LogP contribution in [0.3, 0.4) is 0 Å². The zero-order chi connectivity index (χ0) is 14.8. The maximum absolute atomic E-state index is 12.4. The van der Waals surface area contributed by atoms with E-state index >= 15 is 0 Å². The molecule has 104 valence electrons. The van der Waals surface area contributed by atoms with Crippen LogP contribution in [0.5, 0.6) is 0 Å². The Morgan fingerprint density at radius 1 is 0.952 bits per heavy atom. The molecule has 0 spiro atoms. The van der Waals surface area contributed by atoms with Gasteiger partial charge >= 0.3 is 0 Å². The average molecular weight is 343 g/mol. The summed E-state index contributed by atoms with van der Waals surface area (Å²) in [6, 6.07) is 16.4. The summed E-state index contributed by atoms with van der Waals surface area (Å²) in [5.74, 6) is -0.752. The third-order valence-corrected chi connectivity index (χ3v) is 3.62. The van der Waals surface area contributed by atoms with Crippen molar-refractivity contribution < 1.29 is 9.59 Å². The van der Waals surface area contributed by atoms with E-state index in [0.717, 1.165) is 10.0 Å². The van der Waals surface area contributed by atoms with Crippen molar-refractivity contribution in [3.63, 3.8) is 0 Å². The lowest BCUT2D eigenvalue weighted by atomic mass is 10.1. The summed E-state index contributed by atoms with van der Waals surface area (Å²) in [7, 11) is 0. The number of amides is 2. The van der Waals surface area contributed by atoms with Gasteiger partial charge in [0.25, 0.3) is 11.8 Å². The van der Waals surface area contributed by atoms with Crippen LogP contribution in [-0.2, 0) is 9.59 Å². The number of anilines is 1. The Morgan fingerprint density at radius 3 is 2.29 bits per heavy atom. The van der Waals surface area contributed by atoms with Crippen LogP contribution < -0.4 is 10.4 Å². The van der Waals surface area contributed by atoms with Gasteiger partial charge in [0, 0.05) is 4.47 Å². The zero-order valence-electron chi connectivity index (χ0n) is 10.9. The molecule has 21 heavy (non-hydrogen) atoms. The number of halogens is 1. The monoisotopic (exact) mass is 342 g/mol. The van der Waals surface area contributed by atoms with Crippen molar-refractivity contribution in [3.05, 3.63) is 70.2 Å². The van der Waals surface area contributed by atoms with Crippen molar-refractivity contribution in [3.8, 4) is 0 Å². The van der Waals surface area contributed by atoms with Crippen molar-refractivity contribution in [1.82, 2.24) is 5.43 Å². The molecule has 1 fully saturated rings. The minimum absolute atomic E-state index is 0.129. The average Bonchev–Trinajstić information content (AvgIpc) is 2.77. The summed E-state index contributed by atoms with van der Waals surface area (Å²) < 4.78 is 0.907. The van der Waals surface area contributed by atoms with Crippen molar-refractivity contribution in [1.29, 1.82) is 0 Å². The molecule has 1 aliphatic heterocycles. The molecule has 1 aliphatic rings. The van der Waals surface area contributed by atoms with Gasteiger partial charge in [-0.3, -0.25) is 15.0 Å². The molecule has 4 nitrogen and oxygen atoms in total. The largest absolute Gasteiger partial charge is 0.282 e. The van der Waals surface area contributed by atoms with E-state index in [2.05, 4.69) is 21.4 Å². The van der Waals surface area contributed by atoms with Gasteiger partial charge in [-0.15, -0.1) is 0 Å². The normalized spacial score (nSPS) is 16.4. The third kappa shape index (κ3) is 2.73. The van der Waals surface area contributed by atoms with Crippen molar-refractivity contribution >= 4 is 39.5 Å². The molecule has 2 aromatic carbocycles. The number of hydrogen-bond donors (Lipinski definition) is 1. The molecule has 0 bridgehead atoms. The molecule has 0 aromatic heterocycles. The fourth-order valence-electron chi connectivity index (χ4n) is 2.05. The molecule has 1 saturated heterocycles. The fourth-order valence-corrected chi connectivity index (χ4v) is 2.31. The molecule has 0 saturated carbocycles. The summed E-state index contributed by atoms with van der Waals surface area (Å²) in [5.41, 5.74) is 4.13. The molecule has 0 radical (unpaired) electrons. The van der Waals surface area contributed by atoms with Gasteiger partial charge in [0.05, 0.1) is 5.69 Å². The molecular formula is C16H11BrN2O2. The van der Waals surface area contributed by atoms with E-state index in [1.807, 2.05) is 42.5 Å². The fraction of sp³-hybridized carbons (Fsp3) is 0. The highest BCUT2D eigenvalue weighted by Gasteiger charge is 2.34. The summed E-state index contributed by atoms with van der Waals surface area (Å²) in [5, 5.41) is 1.25. The second kappa shape index (κ2) is 5.54. The maximum atomic E-state index is 12.4. The second-order valence-corrected chi connectivity index (χ2v) is 5.44. The second-order valence-electron chi connectivity index (χ2n) is 4.53. The van der Waals surface area contributed by atoms with Crippen LogP contribution >= 0.6 is 15.9 Å². The van der Waals surface area contributed by atoms with Crippen LogP contribution in [0.15, 0.2) is 64.6 Å². The number of carbonyl (C=O) groups excluding carboxylic acids is 2. The highest BCUT2D eigenvalue weighted by atomic mass is 79.9. The third-order valence-electron chi connectivity index (χ3n) is 3.09. The number of hydrogen-bond acceptors (Lipinski definition) is 2. The van der Waals surface area contributed by atoms with Gasteiger partial charge in [-0.25, -0.2) is 5.01 Å². The smallest absolute Gasteiger partial charge is 0.267 e. The van der Waals surface area contributed by atoms with Gasteiger partial charge in [0.2, 0.25) is 0 Å². The van der Waals surface area contributed by atoms with E-state index in [1.54, 1.807) is 18.2 Å². The number of carbonyl (C=O) groups is 2. The summed E-state index contributed by atoms with van der Waals surface area (Å²) >= 11 is 3.33. The van der Waals surface area contributed by atoms with Gasteiger partial charge in [0.1, 0.15) is 5.57 Å². The molecule has 2 amide bonds. The van der Waals surface area contributed by atoms with E-state index in [-0.39, 0.29) is 11.5 Å². The van der Waals surface area contributed by atoms with Crippen LogP contribution in [0.1, 0.15) is 5.56 Å². The van der Waals surface area contributed by atoms with E-state index in [0.29, 0.717) is 5.69 Å². The van der Waals surface area contributed by atoms with E-state index < -0.39 is 5.91 Å². The zero-order valence-corrected chi connectivity index (χ0v) is 12.5. The lowest BCUT2D eigenvalue weighted by Gasteiger charge is -2.14. The molecule has 0 atom stereocenters. The lowest BCUT2D eigenvalue weighted by molar-refractivity contribution is -0.117. The molecule has 1 heterocycles. The first-order valence-electron chi connectivity index (χ1n) is 6.33. The van der Waals surface area contributed by atoms with E-state index in [9.17, 15) is 9.59 Å². The quantitative estimate of drug-likeness (QED) is 0.673. The first kappa shape index (κ1) is 13.6. The molecule has 0 aliphatic carbocycles. The molecule has 0 unspecified atom stereocenters. The van der Waals surface area contributed by atoms with E-state index in [1.165, 1.54) is 5.01 Å². The van der Waals surface area contributed by atoms with Crippen LogP contribution in [0.25, 0.3) is 6.08 Å². The molecule has 2 aromatic rings. The SMILES string of the molecule is O=C1NN(c2ccc(Br)cc2)C(=O)C1=Cc1ccccc1. The highest BCUT2D eigenvalue weighted by molar-refractivity contribution is 9.10. The van der Waals surface area contributed by atoms with Gasteiger partial charge < -0.3 is 0 Å². The van der Waals surface area contributed by atoms with Crippen LogP contribution in [-0.4, -0.2) is 11.8 Å². The van der Waals surface area contributed by atoms with Gasteiger partial charge in [0.15, 0.2) is 0 Å². The lowest BCUT2D eigenvalue weighted by Crippen LogP contribution is -2.35. The Bertz CT molecular complexity index is 724. The van der Waals surface area contributed by atoms with Crippen molar-refractivity contribution in [2.75, 3.05) is 5.01 Å². The summed E-state index contributed by atoms with van der Waals surface area (Å²) in [6.45, 7) is 0. The predicted molar refractivity (Wildman–Crippen MR) is 84.2 cm³/mol. The Balaban J connectivity index is 1.92. The van der Waals surface area contributed by atoms with Crippen LogP contribution in [0.2, 0.25) is 0 Å². The minimum Gasteiger partial charge on any atom is -0.267 e. The first-order valence-corrected chi connectivity index (χ1v) is 7.12. The number of benzene rings is 2. The Morgan fingerprint density at radius 2 is 1.62 bits per heavy atom. The van der Waals surface area contributed by atoms with Gasteiger partial charge in [-0.05, 0) is 35.9 Å². The number of hydrazine groups is 1. The predicted octanol–water partition coefficient (Wildman–Crippen LogP) is 2.91. The minimum atomic E-state index is -0.397.